The Labute approximate surface area is 108 Å². The number of rotatable bonds is 4. The molecule has 6 heteroatoms. The van der Waals surface area contributed by atoms with Gasteiger partial charge in [-0.05, 0) is 41.4 Å². The van der Waals surface area contributed by atoms with Crippen LogP contribution in [0.25, 0.3) is 0 Å². The minimum atomic E-state index is -0.689. The lowest BCUT2D eigenvalue weighted by Crippen LogP contribution is -2.54. The summed E-state index contributed by atoms with van der Waals surface area (Å²) < 4.78 is 5.64. The summed E-state index contributed by atoms with van der Waals surface area (Å²) in [5, 5.41) is 2.75. The molecule has 1 aromatic rings. The summed E-state index contributed by atoms with van der Waals surface area (Å²) in [5.74, 6) is -0.106. The van der Waals surface area contributed by atoms with Crippen LogP contribution in [0.2, 0.25) is 0 Å². The number of hydrogen-bond acceptors (Lipinski definition) is 3. The number of furan rings is 1. The van der Waals surface area contributed by atoms with Gasteiger partial charge < -0.3 is 15.5 Å². The molecule has 0 bridgehead atoms. The maximum atomic E-state index is 11.8. The van der Waals surface area contributed by atoms with Gasteiger partial charge in [0.25, 0.3) is 5.91 Å². The molecule has 0 aromatic carbocycles. The minimum Gasteiger partial charge on any atom is -0.444 e. The molecule has 0 radical (unpaired) electrons. The van der Waals surface area contributed by atoms with Gasteiger partial charge in [-0.2, -0.15) is 0 Å². The van der Waals surface area contributed by atoms with Gasteiger partial charge in [-0.25, -0.2) is 0 Å². The molecule has 1 rings (SSSR count). The van der Waals surface area contributed by atoms with Crippen LogP contribution < -0.4 is 11.1 Å². The van der Waals surface area contributed by atoms with Gasteiger partial charge in [0.15, 0.2) is 10.4 Å². The zero-order valence-corrected chi connectivity index (χ0v) is 11.4. The average molecular weight is 305 g/mol. The van der Waals surface area contributed by atoms with Gasteiger partial charge in [0.1, 0.15) is 0 Å². The predicted octanol–water partition coefficient (Wildman–Crippen LogP) is 2.23. The van der Waals surface area contributed by atoms with Crippen LogP contribution in [-0.2, 0) is 0 Å². The standard InChI is InChI=1S/C10H13BrN2O2S/c1-3-10(2,9(12)16)13-8(14)6-4-5-7(11)15-6/h4-5H,3H2,1-2H3,(H2,12,16)(H,13,14). The lowest BCUT2D eigenvalue weighted by atomic mass is 9.99. The van der Waals surface area contributed by atoms with Crippen molar-refractivity contribution in [3.05, 3.63) is 22.6 Å². The van der Waals surface area contributed by atoms with Gasteiger partial charge in [0.05, 0.1) is 10.5 Å². The minimum absolute atomic E-state index is 0.225. The number of carbonyl (C=O) groups is 1. The number of hydrogen-bond donors (Lipinski definition) is 2. The maximum Gasteiger partial charge on any atom is 0.287 e. The molecule has 0 fully saturated rings. The van der Waals surface area contributed by atoms with Crippen LogP contribution in [0.5, 0.6) is 0 Å². The summed E-state index contributed by atoms with van der Waals surface area (Å²) in [6, 6.07) is 3.23. The SMILES string of the molecule is CCC(C)(NC(=O)c1ccc(Br)o1)C(N)=S. The Morgan fingerprint density at radius 3 is 2.69 bits per heavy atom. The van der Waals surface area contributed by atoms with E-state index in [0.29, 0.717) is 11.1 Å². The number of thiocarbonyl (C=S) groups is 1. The van der Waals surface area contributed by atoms with Crippen molar-refractivity contribution in [1.82, 2.24) is 5.32 Å². The first-order valence-corrected chi connectivity index (χ1v) is 5.97. The Hall–Kier alpha value is -0.880. The van der Waals surface area contributed by atoms with Crippen LogP contribution in [-0.4, -0.2) is 16.4 Å². The molecule has 0 spiro atoms. The van der Waals surface area contributed by atoms with Crippen LogP contribution in [0.15, 0.2) is 21.2 Å². The number of carbonyl (C=O) groups excluding carboxylic acids is 1. The second kappa shape index (κ2) is 4.97. The number of nitrogens with one attached hydrogen (secondary N) is 1. The molecule has 1 unspecified atom stereocenters. The summed E-state index contributed by atoms with van der Waals surface area (Å²) in [6.45, 7) is 3.68. The van der Waals surface area contributed by atoms with Crippen molar-refractivity contribution >= 4 is 39.0 Å². The quantitative estimate of drug-likeness (QED) is 0.837. The van der Waals surface area contributed by atoms with Gasteiger partial charge >= 0.3 is 0 Å². The second-order valence-electron chi connectivity index (χ2n) is 3.61. The molecule has 1 amide bonds. The van der Waals surface area contributed by atoms with E-state index in [2.05, 4.69) is 21.2 Å². The van der Waals surface area contributed by atoms with Crippen molar-refractivity contribution in [2.24, 2.45) is 5.73 Å². The van der Waals surface area contributed by atoms with Crippen LogP contribution >= 0.6 is 28.1 Å². The Morgan fingerprint density at radius 1 is 1.69 bits per heavy atom. The van der Waals surface area contributed by atoms with Gasteiger partial charge in [-0.1, -0.05) is 19.1 Å². The third-order valence-corrected chi connectivity index (χ3v) is 3.31. The van der Waals surface area contributed by atoms with Gasteiger partial charge in [-0.3, -0.25) is 4.79 Å². The first-order valence-electron chi connectivity index (χ1n) is 4.77. The Balaban J connectivity index is 2.81. The van der Waals surface area contributed by atoms with Crippen LogP contribution in [0.4, 0.5) is 0 Å². The predicted molar refractivity (Wildman–Crippen MR) is 69.4 cm³/mol. The molecular formula is C10H13BrN2O2S. The van der Waals surface area contributed by atoms with Crippen molar-refractivity contribution < 1.29 is 9.21 Å². The van der Waals surface area contributed by atoms with E-state index in [-0.39, 0.29) is 16.7 Å². The van der Waals surface area contributed by atoms with E-state index in [0.717, 1.165) is 0 Å². The number of halogens is 1. The Morgan fingerprint density at radius 2 is 2.31 bits per heavy atom. The first kappa shape index (κ1) is 13.2. The van der Waals surface area contributed by atoms with Gasteiger partial charge in [0.2, 0.25) is 0 Å². The summed E-state index contributed by atoms with van der Waals surface area (Å²) >= 11 is 8.06. The molecule has 4 nitrogen and oxygen atoms in total. The second-order valence-corrected chi connectivity index (χ2v) is 4.83. The molecule has 0 aliphatic heterocycles. The fraction of sp³-hybridized carbons (Fsp3) is 0.400. The van der Waals surface area contributed by atoms with E-state index >= 15 is 0 Å². The number of nitrogens with two attached hydrogens (primary N) is 1. The van der Waals surface area contributed by atoms with Crippen molar-refractivity contribution in [2.45, 2.75) is 25.8 Å². The van der Waals surface area contributed by atoms with E-state index in [1.165, 1.54) is 0 Å². The highest BCUT2D eigenvalue weighted by molar-refractivity contribution is 9.10. The molecule has 88 valence electrons. The molecule has 16 heavy (non-hydrogen) atoms. The average Bonchev–Trinajstić information content (AvgIpc) is 2.64. The molecule has 0 saturated carbocycles. The van der Waals surface area contributed by atoms with E-state index in [9.17, 15) is 4.79 Å². The zero-order valence-electron chi connectivity index (χ0n) is 9.04. The summed E-state index contributed by atoms with van der Waals surface area (Å²) in [4.78, 5) is 12.1. The highest BCUT2D eigenvalue weighted by Gasteiger charge is 2.28. The van der Waals surface area contributed by atoms with E-state index in [1.807, 2.05) is 6.92 Å². The Bertz CT molecular complexity index is 419. The van der Waals surface area contributed by atoms with Gasteiger partial charge in [-0.15, -0.1) is 0 Å². The van der Waals surface area contributed by atoms with E-state index in [4.69, 9.17) is 22.4 Å². The largest absolute Gasteiger partial charge is 0.444 e. The topological polar surface area (TPSA) is 68.3 Å². The van der Waals surface area contributed by atoms with Crippen molar-refractivity contribution in [3.63, 3.8) is 0 Å². The fourth-order valence-corrected chi connectivity index (χ4v) is 1.57. The monoisotopic (exact) mass is 304 g/mol. The highest BCUT2D eigenvalue weighted by Crippen LogP contribution is 2.16. The van der Waals surface area contributed by atoms with Crippen LogP contribution in [0.1, 0.15) is 30.8 Å². The van der Waals surface area contributed by atoms with Crippen molar-refractivity contribution in [1.29, 1.82) is 0 Å². The molecule has 1 aromatic heterocycles. The lowest BCUT2D eigenvalue weighted by Gasteiger charge is -2.27. The normalized spacial score (nSPS) is 14.2. The van der Waals surface area contributed by atoms with Crippen molar-refractivity contribution in [3.8, 4) is 0 Å². The van der Waals surface area contributed by atoms with Gasteiger partial charge in [0, 0.05) is 0 Å². The first-order chi connectivity index (χ1) is 7.39. The Kier molecular flexibility index (Phi) is 4.09. The molecule has 1 heterocycles. The molecule has 0 aliphatic rings. The van der Waals surface area contributed by atoms with E-state index < -0.39 is 5.54 Å². The lowest BCUT2D eigenvalue weighted by molar-refractivity contribution is 0.0897. The summed E-state index contributed by atoms with van der Waals surface area (Å²) in [6.07, 6.45) is 0.621. The maximum absolute atomic E-state index is 11.8. The molecule has 3 N–H and O–H groups in total. The van der Waals surface area contributed by atoms with Crippen LogP contribution in [0.3, 0.4) is 0 Å². The van der Waals surface area contributed by atoms with Crippen LogP contribution in [0, 0.1) is 0 Å². The summed E-state index contributed by atoms with van der Waals surface area (Å²) in [5.41, 5.74) is 4.90. The summed E-state index contributed by atoms with van der Waals surface area (Å²) in [7, 11) is 0. The fourth-order valence-electron chi connectivity index (χ4n) is 1.07. The molecule has 0 aliphatic carbocycles. The molecule has 1 atom stereocenters. The number of amides is 1. The molecule has 0 saturated heterocycles. The van der Waals surface area contributed by atoms with E-state index in [1.54, 1.807) is 19.1 Å². The third-order valence-electron chi connectivity index (χ3n) is 2.44. The van der Waals surface area contributed by atoms with Crippen molar-refractivity contribution in [2.75, 3.05) is 0 Å². The third kappa shape index (κ3) is 2.82. The zero-order chi connectivity index (χ0) is 12.3. The smallest absolute Gasteiger partial charge is 0.287 e. The highest BCUT2D eigenvalue weighted by atomic mass is 79.9. The molecular weight excluding hydrogens is 292 g/mol.